The fraction of sp³-hybridized carbons (Fsp3) is 0.385. The molecule has 1 N–H and O–H groups in total. The molecule has 0 bridgehead atoms. The number of rotatable bonds is 6. The molecular formula is C13H15ClO5. The van der Waals surface area contributed by atoms with Crippen molar-refractivity contribution in [3.63, 3.8) is 0 Å². The van der Waals surface area contributed by atoms with E-state index in [4.69, 9.17) is 26.2 Å². The number of ketones is 1. The molecule has 1 atom stereocenters. The van der Waals surface area contributed by atoms with Crippen LogP contribution >= 0.6 is 11.6 Å². The van der Waals surface area contributed by atoms with Gasteiger partial charge in [0, 0.05) is 11.5 Å². The van der Waals surface area contributed by atoms with Gasteiger partial charge in [0.05, 0.1) is 25.7 Å². The number of carbonyl (C=O) groups is 2. The van der Waals surface area contributed by atoms with Gasteiger partial charge in [-0.2, -0.15) is 0 Å². The van der Waals surface area contributed by atoms with Gasteiger partial charge >= 0.3 is 5.97 Å². The van der Waals surface area contributed by atoms with Crippen LogP contribution in [0.15, 0.2) is 12.1 Å². The first-order valence-electron chi connectivity index (χ1n) is 5.58. The molecule has 0 spiro atoms. The van der Waals surface area contributed by atoms with Crippen molar-refractivity contribution in [3.8, 4) is 11.5 Å². The molecule has 0 saturated carbocycles. The summed E-state index contributed by atoms with van der Waals surface area (Å²) in [4.78, 5) is 22.7. The van der Waals surface area contributed by atoms with Crippen LogP contribution in [0.3, 0.4) is 0 Å². The molecule has 19 heavy (non-hydrogen) atoms. The minimum Gasteiger partial charge on any atom is -0.493 e. The lowest BCUT2D eigenvalue weighted by atomic mass is 9.96. The number of methoxy groups -OCH3 is 2. The first-order chi connectivity index (χ1) is 8.92. The number of hydrogen-bond donors (Lipinski definition) is 1. The molecule has 0 radical (unpaired) electrons. The Morgan fingerprint density at radius 3 is 2.42 bits per heavy atom. The van der Waals surface area contributed by atoms with Crippen molar-refractivity contribution >= 4 is 23.4 Å². The summed E-state index contributed by atoms with van der Waals surface area (Å²) in [6.07, 6.45) is -0.247. The second kappa shape index (κ2) is 6.43. The molecule has 5 nitrogen and oxygen atoms in total. The Labute approximate surface area is 116 Å². The van der Waals surface area contributed by atoms with Crippen molar-refractivity contribution in [2.24, 2.45) is 5.92 Å². The molecule has 104 valence electrons. The molecule has 1 aromatic carbocycles. The van der Waals surface area contributed by atoms with Gasteiger partial charge in [0.15, 0.2) is 17.3 Å². The van der Waals surface area contributed by atoms with E-state index in [2.05, 4.69) is 0 Å². The summed E-state index contributed by atoms with van der Waals surface area (Å²) >= 11 is 6.10. The van der Waals surface area contributed by atoms with E-state index in [1.54, 1.807) is 13.0 Å². The van der Waals surface area contributed by atoms with Crippen molar-refractivity contribution in [1.29, 1.82) is 0 Å². The molecule has 0 aliphatic rings. The maximum Gasteiger partial charge on any atom is 0.304 e. The van der Waals surface area contributed by atoms with E-state index in [-0.39, 0.29) is 28.5 Å². The van der Waals surface area contributed by atoms with E-state index in [1.807, 2.05) is 0 Å². The van der Waals surface area contributed by atoms with Crippen molar-refractivity contribution < 1.29 is 24.2 Å². The summed E-state index contributed by atoms with van der Waals surface area (Å²) in [6, 6.07) is 3.07. The molecule has 0 aliphatic heterocycles. The average molecular weight is 287 g/mol. The van der Waals surface area contributed by atoms with Crippen LogP contribution in [0.4, 0.5) is 0 Å². The van der Waals surface area contributed by atoms with E-state index in [9.17, 15) is 9.59 Å². The summed E-state index contributed by atoms with van der Waals surface area (Å²) in [5.74, 6) is -1.36. The van der Waals surface area contributed by atoms with Crippen molar-refractivity contribution in [2.75, 3.05) is 14.2 Å². The van der Waals surface area contributed by atoms with E-state index < -0.39 is 11.9 Å². The minimum atomic E-state index is -1.03. The molecule has 0 saturated heterocycles. The van der Waals surface area contributed by atoms with Crippen LogP contribution < -0.4 is 9.47 Å². The SMILES string of the molecule is COc1ccc(C(=O)C(C)CC(=O)O)c(Cl)c1OC. The molecule has 0 fully saturated rings. The number of carbonyl (C=O) groups excluding carboxylic acids is 1. The molecule has 1 unspecified atom stereocenters. The Morgan fingerprint density at radius 1 is 1.32 bits per heavy atom. The van der Waals surface area contributed by atoms with Crippen LogP contribution in [0.5, 0.6) is 11.5 Å². The number of carboxylic acid groups (broad SMARTS) is 1. The first-order valence-corrected chi connectivity index (χ1v) is 5.96. The van der Waals surface area contributed by atoms with Gasteiger partial charge in [-0.15, -0.1) is 0 Å². The third-order valence-electron chi connectivity index (χ3n) is 2.68. The predicted octanol–water partition coefficient (Wildman–Crippen LogP) is 2.65. The van der Waals surface area contributed by atoms with Crippen LogP contribution in [0, 0.1) is 5.92 Å². The minimum absolute atomic E-state index is 0.129. The first kappa shape index (κ1) is 15.3. The Morgan fingerprint density at radius 2 is 1.95 bits per heavy atom. The molecule has 0 aromatic heterocycles. The number of ether oxygens (including phenoxy) is 2. The zero-order valence-corrected chi connectivity index (χ0v) is 11.7. The van der Waals surface area contributed by atoms with Gasteiger partial charge in [-0.25, -0.2) is 0 Å². The molecule has 1 rings (SSSR count). The quantitative estimate of drug-likeness (QED) is 0.814. The van der Waals surface area contributed by atoms with Gasteiger partial charge in [0.25, 0.3) is 0 Å². The molecule has 0 amide bonds. The summed E-state index contributed by atoms with van der Waals surface area (Å²) < 4.78 is 10.2. The zero-order valence-electron chi connectivity index (χ0n) is 10.9. The van der Waals surface area contributed by atoms with Gasteiger partial charge in [-0.3, -0.25) is 9.59 Å². The lowest BCUT2D eigenvalue weighted by molar-refractivity contribution is -0.137. The number of Topliss-reactive ketones (excluding diaryl/α,β-unsaturated/α-hetero) is 1. The van der Waals surface area contributed by atoms with Crippen LogP contribution in [0.1, 0.15) is 23.7 Å². The van der Waals surface area contributed by atoms with Crippen LogP contribution in [-0.4, -0.2) is 31.1 Å². The van der Waals surface area contributed by atoms with Gasteiger partial charge in [0.1, 0.15) is 0 Å². The number of aliphatic carboxylic acids is 1. The number of halogens is 1. The maximum absolute atomic E-state index is 12.1. The van der Waals surface area contributed by atoms with E-state index >= 15 is 0 Å². The topological polar surface area (TPSA) is 72.8 Å². The largest absolute Gasteiger partial charge is 0.493 e. The maximum atomic E-state index is 12.1. The second-order valence-corrected chi connectivity index (χ2v) is 4.40. The molecule has 0 aliphatic carbocycles. The summed E-state index contributed by atoms with van der Waals surface area (Å²) in [5.41, 5.74) is 0.230. The number of carboxylic acids is 1. The van der Waals surface area contributed by atoms with Gasteiger partial charge < -0.3 is 14.6 Å². The highest BCUT2D eigenvalue weighted by molar-refractivity contribution is 6.35. The highest BCUT2D eigenvalue weighted by atomic mass is 35.5. The second-order valence-electron chi connectivity index (χ2n) is 4.03. The normalized spacial score (nSPS) is 11.8. The van der Waals surface area contributed by atoms with Crippen LogP contribution in [-0.2, 0) is 4.79 Å². The lowest BCUT2D eigenvalue weighted by Gasteiger charge is -2.14. The summed E-state index contributed by atoms with van der Waals surface area (Å²) in [6.45, 7) is 1.55. The van der Waals surface area contributed by atoms with Crippen LogP contribution in [0.2, 0.25) is 5.02 Å². The van der Waals surface area contributed by atoms with E-state index in [0.717, 1.165) is 0 Å². The number of benzene rings is 1. The predicted molar refractivity (Wildman–Crippen MR) is 70.3 cm³/mol. The average Bonchev–Trinajstić information content (AvgIpc) is 2.36. The third kappa shape index (κ3) is 3.38. The molecular weight excluding hydrogens is 272 g/mol. The Kier molecular flexibility index (Phi) is 5.18. The summed E-state index contributed by atoms with van der Waals surface area (Å²) in [7, 11) is 2.88. The molecule has 6 heteroatoms. The zero-order chi connectivity index (χ0) is 14.6. The smallest absolute Gasteiger partial charge is 0.304 e. The van der Waals surface area contributed by atoms with Crippen LogP contribution in [0.25, 0.3) is 0 Å². The Hall–Kier alpha value is -1.75. The van der Waals surface area contributed by atoms with Gasteiger partial charge in [-0.05, 0) is 12.1 Å². The number of hydrogen-bond acceptors (Lipinski definition) is 4. The van der Waals surface area contributed by atoms with E-state index in [1.165, 1.54) is 20.3 Å². The highest BCUT2D eigenvalue weighted by Crippen LogP contribution is 2.38. The lowest BCUT2D eigenvalue weighted by Crippen LogP contribution is -2.16. The standard InChI is InChI=1S/C13H15ClO5/c1-7(6-10(15)16)12(17)8-4-5-9(18-2)13(19-3)11(8)14/h4-5,7H,6H2,1-3H3,(H,15,16). The molecule has 1 aromatic rings. The highest BCUT2D eigenvalue weighted by Gasteiger charge is 2.23. The van der Waals surface area contributed by atoms with Gasteiger partial charge in [-0.1, -0.05) is 18.5 Å². The fourth-order valence-corrected chi connectivity index (χ4v) is 2.03. The van der Waals surface area contributed by atoms with E-state index in [0.29, 0.717) is 5.75 Å². The Bertz CT molecular complexity index is 498. The van der Waals surface area contributed by atoms with Gasteiger partial charge in [0.2, 0.25) is 0 Å². The fourth-order valence-electron chi connectivity index (χ4n) is 1.70. The third-order valence-corrected chi connectivity index (χ3v) is 3.05. The Balaban J connectivity index is 3.14. The monoisotopic (exact) mass is 286 g/mol. The van der Waals surface area contributed by atoms with Crippen molar-refractivity contribution in [3.05, 3.63) is 22.7 Å². The van der Waals surface area contributed by atoms with Crippen molar-refractivity contribution in [1.82, 2.24) is 0 Å². The molecule has 0 heterocycles. The summed E-state index contributed by atoms with van der Waals surface area (Å²) in [5, 5.41) is 8.83. The van der Waals surface area contributed by atoms with Crippen molar-refractivity contribution in [2.45, 2.75) is 13.3 Å².